The Labute approximate surface area is 114 Å². The summed E-state index contributed by atoms with van der Waals surface area (Å²) in [5.41, 5.74) is 10.5. The van der Waals surface area contributed by atoms with E-state index < -0.39 is 0 Å². The summed E-state index contributed by atoms with van der Waals surface area (Å²) < 4.78 is 0. The number of carbonyl (C=O) groups excluding carboxylic acids is 1. The van der Waals surface area contributed by atoms with Crippen molar-refractivity contribution >= 4 is 58.5 Å². The Kier molecular flexibility index (Phi) is 4.39. The number of thiol groups is 1. The second kappa shape index (κ2) is 5.37. The minimum atomic E-state index is -0.283. The number of fused-ring (bicyclic) bond motifs is 1. The first-order valence-electron chi connectivity index (χ1n) is 4.19. The molecular weight excluding hydrogens is 331 g/mol. The summed E-state index contributed by atoms with van der Waals surface area (Å²) in [5, 5.41) is 6.42. The molecule has 0 aromatic heterocycles. The smallest absolute Gasteiger partial charge is 0.273 e. The van der Waals surface area contributed by atoms with Gasteiger partial charge in [-0.05, 0) is 6.07 Å². The summed E-state index contributed by atoms with van der Waals surface area (Å²) >= 11 is 3.76. The topological polar surface area (TPSA) is 81.6 Å². The Morgan fingerprint density at radius 3 is 2.81 bits per heavy atom. The molecule has 1 aliphatic heterocycles. The van der Waals surface area contributed by atoms with Crippen molar-refractivity contribution in [2.45, 2.75) is 0 Å². The second-order valence-electron chi connectivity index (χ2n) is 2.91. The van der Waals surface area contributed by atoms with Gasteiger partial charge in [0.05, 0.1) is 5.69 Å². The number of nitrogens with one attached hydrogen (secondary N) is 1. The Morgan fingerprint density at radius 1 is 1.44 bits per heavy atom. The van der Waals surface area contributed by atoms with Crippen molar-refractivity contribution in [2.75, 3.05) is 5.32 Å². The molecule has 0 saturated carbocycles. The molecule has 0 unspecified atom stereocenters. The molecule has 0 spiro atoms. The summed E-state index contributed by atoms with van der Waals surface area (Å²) in [6.45, 7) is 0. The summed E-state index contributed by atoms with van der Waals surface area (Å²) in [6.07, 6.45) is 0. The summed E-state index contributed by atoms with van der Waals surface area (Å²) in [7, 11) is 0. The fraction of sp³-hybridized carbons (Fsp3) is 0. The predicted molar refractivity (Wildman–Crippen MR) is 68.7 cm³/mol. The molecule has 0 atom stereocenters. The largest absolute Gasteiger partial charge is 0.515 e. The van der Waals surface area contributed by atoms with E-state index in [0.717, 1.165) is 11.3 Å². The molecule has 7 heteroatoms. The minimum Gasteiger partial charge on any atom is -0.515 e. The number of rotatable bonds is 1. The molecule has 1 aromatic rings. The molecule has 1 aliphatic rings. The maximum absolute atomic E-state index is 11.5. The van der Waals surface area contributed by atoms with Crippen molar-refractivity contribution in [3.05, 3.63) is 35.3 Å². The van der Waals surface area contributed by atoms with Crippen LogP contribution in [0.4, 0.5) is 5.69 Å². The first-order chi connectivity index (χ1) is 7.18. The zero-order valence-corrected chi connectivity index (χ0v) is 11.9. The van der Waals surface area contributed by atoms with E-state index in [1.165, 1.54) is 0 Å². The average molecular weight is 339 g/mol. The van der Waals surface area contributed by atoms with Crippen LogP contribution in [0.2, 0.25) is 0 Å². The molecular formula is C9H8N4OSSn. The van der Waals surface area contributed by atoms with Crippen molar-refractivity contribution in [3.63, 3.8) is 0 Å². The Balaban J connectivity index is 0.00000128. The van der Waals surface area contributed by atoms with Gasteiger partial charge in [0.2, 0.25) is 0 Å². The van der Waals surface area contributed by atoms with Crippen molar-refractivity contribution in [2.24, 2.45) is 10.8 Å². The van der Waals surface area contributed by atoms with E-state index in [2.05, 4.69) is 28.1 Å². The van der Waals surface area contributed by atoms with Gasteiger partial charge in [0.25, 0.3) is 5.91 Å². The maximum atomic E-state index is 11.5. The number of benzene rings is 1. The van der Waals surface area contributed by atoms with Gasteiger partial charge in [-0.3, -0.25) is 10.5 Å². The number of nitrogens with two attached hydrogens (primary N) is 1. The van der Waals surface area contributed by atoms with Gasteiger partial charge in [-0.2, -0.15) is 0 Å². The van der Waals surface area contributed by atoms with Crippen LogP contribution in [0.1, 0.15) is 5.56 Å². The number of carbonyl (C=O) groups is 1. The van der Waals surface area contributed by atoms with Gasteiger partial charge in [0.15, 0.2) is 17.3 Å². The van der Waals surface area contributed by atoms with E-state index in [4.69, 9.17) is 5.73 Å². The van der Waals surface area contributed by atoms with Crippen molar-refractivity contribution in [1.82, 2.24) is 0 Å². The molecule has 0 fully saturated rings. The predicted octanol–water partition coefficient (Wildman–Crippen LogP) is -0.339. The minimum absolute atomic E-state index is 0. The molecule has 4 radical (unpaired) electrons. The van der Waals surface area contributed by atoms with Crippen molar-refractivity contribution < 1.29 is 4.79 Å². The standard InChI is InChI=1S/C9H8N4OS.Sn/c10-9(15)13-12-7-5-3-1-2-4-6(5)11-8(7)14;/h1-4H,(H4,10,11,12,13,14,15);. The molecule has 0 bridgehead atoms. The molecule has 2 rings (SSSR count). The zero-order chi connectivity index (χ0) is 10.8. The molecule has 0 aliphatic carbocycles. The Hall–Kier alpha value is -0.991. The fourth-order valence-electron chi connectivity index (χ4n) is 1.30. The van der Waals surface area contributed by atoms with Gasteiger partial charge >= 0.3 is 0 Å². The second-order valence-corrected chi connectivity index (χ2v) is 3.36. The molecule has 1 amide bonds. The van der Waals surface area contributed by atoms with E-state index >= 15 is 0 Å². The molecule has 1 aromatic carbocycles. The monoisotopic (exact) mass is 340 g/mol. The van der Waals surface area contributed by atoms with E-state index in [9.17, 15) is 4.79 Å². The van der Waals surface area contributed by atoms with Crippen LogP contribution in [0.15, 0.2) is 29.4 Å². The van der Waals surface area contributed by atoms with Gasteiger partial charge in [0, 0.05) is 29.5 Å². The van der Waals surface area contributed by atoms with Crippen molar-refractivity contribution in [1.29, 1.82) is 0 Å². The van der Waals surface area contributed by atoms with Gasteiger partial charge in [0.1, 0.15) is 5.71 Å². The van der Waals surface area contributed by atoms with Crippen LogP contribution in [-0.4, -0.2) is 40.6 Å². The third kappa shape index (κ3) is 2.57. The fourth-order valence-corrected chi connectivity index (χ4v) is 1.35. The van der Waals surface area contributed by atoms with Gasteiger partial charge in [-0.25, -0.2) is 0 Å². The molecule has 5 nitrogen and oxygen atoms in total. The number of anilines is 1. The number of hydrogen-bond acceptors (Lipinski definition) is 2. The van der Waals surface area contributed by atoms with Crippen LogP contribution in [0.5, 0.6) is 0 Å². The first-order valence-corrected chi connectivity index (χ1v) is 4.64. The van der Waals surface area contributed by atoms with Crippen LogP contribution in [0, 0.1) is 0 Å². The quantitative estimate of drug-likeness (QED) is 0.241. The molecule has 80 valence electrons. The maximum Gasteiger partial charge on any atom is 0.273 e. The first kappa shape index (κ1) is 13.1. The number of para-hydroxylation sites is 1. The summed E-state index contributed by atoms with van der Waals surface area (Å²) in [5.74, 6) is -0.283. The van der Waals surface area contributed by atoms with Crippen LogP contribution >= 0.6 is 0 Å². The van der Waals surface area contributed by atoms with Crippen LogP contribution in [0.25, 0.3) is 5.43 Å². The number of amides is 1. The van der Waals surface area contributed by atoms with E-state index in [0.29, 0.717) is 0 Å². The molecule has 0 saturated heterocycles. The third-order valence-electron chi connectivity index (χ3n) is 1.90. The third-order valence-corrected chi connectivity index (χ3v) is 1.99. The van der Waals surface area contributed by atoms with E-state index in [1.54, 1.807) is 12.1 Å². The molecule has 1 heterocycles. The summed E-state index contributed by atoms with van der Waals surface area (Å²) in [6, 6.07) is 7.24. The number of hydrogen-bond donors (Lipinski definition) is 2. The Bertz CT molecular complexity index is 474. The molecule has 16 heavy (non-hydrogen) atoms. The normalized spacial score (nSPS) is 15.1. The number of nitrogens with zero attached hydrogens (tertiary/aromatic N) is 2. The zero-order valence-electron chi connectivity index (χ0n) is 8.14. The van der Waals surface area contributed by atoms with Gasteiger partial charge < -0.3 is 15.8 Å². The van der Waals surface area contributed by atoms with E-state index in [-0.39, 0.29) is 40.6 Å². The van der Waals surface area contributed by atoms with E-state index in [1.807, 2.05) is 12.1 Å². The average Bonchev–Trinajstić information content (AvgIpc) is 2.50. The van der Waals surface area contributed by atoms with Crippen LogP contribution in [-0.2, 0) is 17.0 Å². The van der Waals surface area contributed by atoms with Gasteiger partial charge in [-0.1, -0.05) is 18.2 Å². The van der Waals surface area contributed by atoms with Crippen molar-refractivity contribution in [3.8, 4) is 0 Å². The molecule has 3 N–H and O–H groups in total. The Morgan fingerprint density at radius 2 is 2.12 bits per heavy atom. The van der Waals surface area contributed by atoms with Crippen LogP contribution in [0.3, 0.4) is 0 Å². The van der Waals surface area contributed by atoms with Crippen LogP contribution < -0.4 is 11.1 Å². The van der Waals surface area contributed by atoms with Gasteiger partial charge in [-0.15, -0.1) is 0 Å². The SMILES string of the molecule is NC(=[SH+])[N-]N=C1C(=O)Nc2ccccc21.[Sn]. The summed E-state index contributed by atoms with van der Waals surface area (Å²) in [4.78, 5) is 11.5.